The van der Waals surface area contributed by atoms with E-state index in [1.807, 2.05) is 60.8 Å². The lowest BCUT2D eigenvalue weighted by Crippen LogP contribution is -2.26. The molecule has 164 valence electrons. The van der Waals surface area contributed by atoms with Crippen LogP contribution in [0.3, 0.4) is 0 Å². The number of hydrogen-bond acceptors (Lipinski definition) is 5. The molecule has 0 fully saturated rings. The number of rotatable bonds is 9. The summed E-state index contributed by atoms with van der Waals surface area (Å²) in [6, 6.07) is 17.4. The molecule has 0 bridgehead atoms. The van der Waals surface area contributed by atoms with Gasteiger partial charge in [-0.25, -0.2) is 4.98 Å². The second kappa shape index (κ2) is 10.6. The van der Waals surface area contributed by atoms with Crippen molar-refractivity contribution < 1.29 is 9.53 Å². The first-order valence-corrected chi connectivity index (χ1v) is 11.5. The predicted molar refractivity (Wildman–Crippen MR) is 128 cm³/mol. The van der Waals surface area contributed by atoms with Crippen molar-refractivity contribution in [2.24, 2.45) is 0 Å². The van der Waals surface area contributed by atoms with Crippen LogP contribution in [0, 0.1) is 0 Å². The van der Waals surface area contributed by atoms with Crippen LogP contribution in [0.1, 0.15) is 21.5 Å². The molecular weight excluding hydrogens is 444 g/mol. The lowest BCUT2D eigenvalue weighted by atomic mass is 10.1. The molecule has 0 aliphatic rings. The smallest absolute Gasteiger partial charge is 0.251 e. The van der Waals surface area contributed by atoms with E-state index in [0.717, 1.165) is 32.5 Å². The fraction of sp³-hybridized carbons (Fsp3) is 0.208. The van der Waals surface area contributed by atoms with E-state index in [1.165, 1.54) is 5.56 Å². The van der Waals surface area contributed by atoms with E-state index in [1.54, 1.807) is 25.1 Å². The Balaban J connectivity index is 1.52. The SMILES string of the molecule is COCCNC(=O)c1ccc(Cn2c(SCc3ccc(Cl)cc3)nc3ccncc32)cc1. The normalized spacial score (nSPS) is 11.1. The van der Waals surface area contributed by atoms with Gasteiger partial charge < -0.3 is 14.6 Å². The molecule has 2 heterocycles. The van der Waals surface area contributed by atoms with Gasteiger partial charge in [0.25, 0.3) is 5.91 Å². The van der Waals surface area contributed by atoms with E-state index in [9.17, 15) is 4.79 Å². The van der Waals surface area contributed by atoms with Gasteiger partial charge in [-0.15, -0.1) is 0 Å². The summed E-state index contributed by atoms with van der Waals surface area (Å²) in [5.74, 6) is 0.680. The Hall–Kier alpha value is -2.87. The van der Waals surface area contributed by atoms with Crippen LogP contribution < -0.4 is 5.32 Å². The van der Waals surface area contributed by atoms with Gasteiger partial charge in [-0.1, -0.05) is 47.6 Å². The first kappa shape index (κ1) is 22.3. The van der Waals surface area contributed by atoms with Gasteiger partial charge in [-0.3, -0.25) is 9.78 Å². The van der Waals surface area contributed by atoms with Gasteiger partial charge in [0, 0.05) is 36.2 Å². The van der Waals surface area contributed by atoms with E-state index in [-0.39, 0.29) is 5.91 Å². The van der Waals surface area contributed by atoms with Crippen LogP contribution >= 0.6 is 23.4 Å². The van der Waals surface area contributed by atoms with Crippen molar-refractivity contribution in [3.63, 3.8) is 0 Å². The van der Waals surface area contributed by atoms with Gasteiger partial charge in [-0.2, -0.15) is 0 Å². The van der Waals surface area contributed by atoms with Crippen LogP contribution in [0.25, 0.3) is 11.0 Å². The number of methoxy groups -OCH3 is 1. The number of hydrogen-bond donors (Lipinski definition) is 1. The molecule has 0 saturated carbocycles. The van der Waals surface area contributed by atoms with Crippen LogP contribution in [0.15, 0.2) is 72.1 Å². The highest BCUT2D eigenvalue weighted by Gasteiger charge is 2.13. The van der Waals surface area contributed by atoms with Crippen LogP contribution in [0.5, 0.6) is 0 Å². The molecule has 8 heteroatoms. The van der Waals surface area contributed by atoms with E-state index in [0.29, 0.717) is 25.3 Å². The summed E-state index contributed by atoms with van der Waals surface area (Å²) in [5.41, 5.74) is 4.77. The van der Waals surface area contributed by atoms with Crippen LogP contribution in [0.4, 0.5) is 0 Å². The van der Waals surface area contributed by atoms with Gasteiger partial charge in [0.1, 0.15) is 0 Å². The molecule has 0 saturated heterocycles. The molecule has 0 unspecified atom stereocenters. The molecule has 4 rings (SSSR count). The highest BCUT2D eigenvalue weighted by molar-refractivity contribution is 7.98. The third-order valence-corrected chi connectivity index (χ3v) is 6.24. The molecular formula is C24H23ClN4O2S. The molecule has 0 radical (unpaired) electrons. The molecule has 32 heavy (non-hydrogen) atoms. The maximum Gasteiger partial charge on any atom is 0.251 e. The number of imidazole rings is 1. The van der Waals surface area contributed by atoms with Crippen molar-refractivity contribution in [2.75, 3.05) is 20.3 Å². The standard InChI is InChI=1S/C24H23ClN4O2S/c1-31-13-12-27-23(30)19-6-2-17(3-7-19)15-29-22-14-26-11-10-21(22)28-24(29)32-16-18-4-8-20(25)9-5-18/h2-11,14H,12-13,15-16H2,1H3,(H,27,30). The molecule has 6 nitrogen and oxygen atoms in total. The van der Waals surface area contributed by atoms with Crippen molar-refractivity contribution in [1.29, 1.82) is 0 Å². The average molecular weight is 467 g/mol. The van der Waals surface area contributed by atoms with Crippen LogP contribution in [-0.2, 0) is 17.0 Å². The van der Waals surface area contributed by atoms with Gasteiger partial charge >= 0.3 is 0 Å². The maximum absolute atomic E-state index is 12.2. The zero-order valence-electron chi connectivity index (χ0n) is 17.6. The molecule has 2 aromatic carbocycles. The summed E-state index contributed by atoms with van der Waals surface area (Å²) in [4.78, 5) is 21.3. The molecule has 0 spiro atoms. The Labute approximate surface area is 196 Å². The van der Waals surface area contributed by atoms with Crippen molar-refractivity contribution in [3.8, 4) is 0 Å². The number of ether oxygens (including phenoxy) is 1. The van der Waals surface area contributed by atoms with E-state index in [4.69, 9.17) is 21.3 Å². The molecule has 0 atom stereocenters. The summed E-state index contributed by atoms with van der Waals surface area (Å²) < 4.78 is 7.13. The number of pyridine rings is 1. The van der Waals surface area contributed by atoms with E-state index >= 15 is 0 Å². The van der Waals surface area contributed by atoms with Crippen LogP contribution in [0.2, 0.25) is 5.02 Å². The summed E-state index contributed by atoms with van der Waals surface area (Å²) in [7, 11) is 1.61. The second-order valence-electron chi connectivity index (χ2n) is 7.21. The van der Waals surface area contributed by atoms with Crippen molar-refractivity contribution >= 4 is 40.3 Å². The number of nitrogens with one attached hydrogen (secondary N) is 1. The topological polar surface area (TPSA) is 69.0 Å². The summed E-state index contributed by atoms with van der Waals surface area (Å²) in [6.07, 6.45) is 3.59. The Morgan fingerprint density at radius 3 is 2.59 bits per heavy atom. The molecule has 1 N–H and O–H groups in total. The highest BCUT2D eigenvalue weighted by Crippen LogP contribution is 2.28. The summed E-state index contributed by atoms with van der Waals surface area (Å²) in [6.45, 7) is 1.61. The minimum absolute atomic E-state index is 0.106. The van der Waals surface area contributed by atoms with Gasteiger partial charge in [0.05, 0.1) is 30.4 Å². The number of thioether (sulfide) groups is 1. The zero-order valence-corrected chi connectivity index (χ0v) is 19.2. The van der Waals surface area contributed by atoms with Gasteiger partial charge in [0.15, 0.2) is 5.16 Å². The zero-order chi connectivity index (χ0) is 22.3. The minimum Gasteiger partial charge on any atom is -0.383 e. The monoisotopic (exact) mass is 466 g/mol. The fourth-order valence-electron chi connectivity index (χ4n) is 3.25. The average Bonchev–Trinajstić information content (AvgIpc) is 3.16. The Morgan fingerprint density at radius 1 is 1.09 bits per heavy atom. The van der Waals surface area contributed by atoms with Crippen molar-refractivity contribution in [1.82, 2.24) is 19.9 Å². The number of benzene rings is 2. The number of halogens is 1. The molecule has 0 aliphatic heterocycles. The molecule has 2 aromatic heterocycles. The predicted octanol–water partition coefficient (Wildman–Crippen LogP) is 4.80. The first-order chi connectivity index (χ1) is 15.6. The number of fused-ring (bicyclic) bond motifs is 1. The van der Waals surface area contributed by atoms with E-state index < -0.39 is 0 Å². The second-order valence-corrected chi connectivity index (χ2v) is 8.58. The largest absolute Gasteiger partial charge is 0.383 e. The van der Waals surface area contributed by atoms with Gasteiger partial charge in [-0.05, 0) is 41.5 Å². The fourth-order valence-corrected chi connectivity index (χ4v) is 4.35. The third kappa shape index (κ3) is 5.48. The number of aromatic nitrogens is 3. The quantitative estimate of drug-likeness (QED) is 0.283. The van der Waals surface area contributed by atoms with Crippen molar-refractivity contribution in [3.05, 3.63) is 88.7 Å². The molecule has 1 amide bonds. The minimum atomic E-state index is -0.106. The Kier molecular flexibility index (Phi) is 7.42. The number of amides is 1. The first-order valence-electron chi connectivity index (χ1n) is 10.2. The Bertz CT molecular complexity index is 1190. The Morgan fingerprint density at radius 2 is 1.84 bits per heavy atom. The number of carbonyl (C=O) groups excluding carboxylic acids is 1. The summed E-state index contributed by atoms with van der Waals surface area (Å²) in [5, 5.41) is 4.49. The van der Waals surface area contributed by atoms with Crippen LogP contribution in [-0.4, -0.2) is 40.7 Å². The number of carbonyl (C=O) groups is 1. The maximum atomic E-state index is 12.2. The molecule has 4 aromatic rings. The van der Waals surface area contributed by atoms with Gasteiger partial charge in [0.2, 0.25) is 0 Å². The lowest BCUT2D eigenvalue weighted by Gasteiger charge is -2.10. The van der Waals surface area contributed by atoms with Crippen molar-refractivity contribution in [2.45, 2.75) is 17.5 Å². The summed E-state index contributed by atoms with van der Waals surface area (Å²) >= 11 is 7.67. The lowest BCUT2D eigenvalue weighted by molar-refractivity contribution is 0.0937. The molecule has 0 aliphatic carbocycles. The third-order valence-electron chi connectivity index (χ3n) is 4.95. The number of nitrogens with zero attached hydrogens (tertiary/aromatic N) is 3. The van der Waals surface area contributed by atoms with E-state index in [2.05, 4.69) is 14.9 Å². The highest BCUT2D eigenvalue weighted by atomic mass is 35.5.